The lowest BCUT2D eigenvalue weighted by Crippen LogP contribution is -2.33. The summed E-state index contributed by atoms with van der Waals surface area (Å²) in [6.07, 6.45) is 6.13. The summed E-state index contributed by atoms with van der Waals surface area (Å²) in [5, 5.41) is 3.61. The molecule has 1 heterocycles. The molecule has 2 unspecified atom stereocenters. The molecule has 1 aromatic carbocycles. The van der Waals surface area contributed by atoms with Crippen molar-refractivity contribution in [3.05, 3.63) is 35.4 Å². The van der Waals surface area contributed by atoms with Crippen molar-refractivity contribution < 1.29 is 0 Å². The molecule has 1 aliphatic rings. The molecule has 1 aliphatic heterocycles. The summed E-state index contributed by atoms with van der Waals surface area (Å²) in [5.41, 5.74) is 2.91. The molecule has 2 atom stereocenters. The molecule has 0 spiro atoms. The first-order valence-electron chi connectivity index (χ1n) is 5.66. The van der Waals surface area contributed by atoms with Crippen LogP contribution in [0, 0.1) is 12.3 Å². The summed E-state index contributed by atoms with van der Waals surface area (Å²) in [6.45, 7) is 2.15. The highest BCUT2D eigenvalue weighted by molar-refractivity contribution is 7.98. The molecule has 84 valence electrons. The molecule has 1 nitrogen and oxygen atoms in total. The Hall–Kier alpha value is -0.910. The quantitative estimate of drug-likeness (QED) is 0.803. The number of thioether (sulfide) groups is 1. The van der Waals surface area contributed by atoms with Crippen LogP contribution in [-0.2, 0) is 5.75 Å². The average Bonchev–Trinajstić information content (AvgIpc) is 2.30. The number of nitrogens with one attached hydrogen (secondary N) is 1. The molecule has 0 fully saturated rings. The standard InChI is InChI=1S/C14H17NS/c1-3-6-11(2)15-14-10-16-9-12-7-4-5-8-13(12)14/h1,4-5,7-8,11,14-15H,6,9-10H2,2H3. The van der Waals surface area contributed by atoms with E-state index in [1.165, 1.54) is 11.1 Å². The number of terminal acetylenes is 1. The van der Waals surface area contributed by atoms with Gasteiger partial charge in [0.2, 0.25) is 0 Å². The molecular weight excluding hydrogens is 214 g/mol. The fourth-order valence-corrected chi connectivity index (χ4v) is 3.21. The first kappa shape index (κ1) is 11.6. The molecule has 0 aromatic heterocycles. The van der Waals surface area contributed by atoms with Crippen LogP contribution in [0.4, 0.5) is 0 Å². The van der Waals surface area contributed by atoms with Crippen LogP contribution in [0.5, 0.6) is 0 Å². The third-order valence-corrected chi connectivity index (χ3v) is 3.97. The molecule has 0 saturated heterocycles. The van der Waals surface area contributed by atoms with E-state index in [9.17, 15) is 0 Å². The number of hydrogen-bond donors (Lipinski definition) is 1. The Morgan fingerprint density at radius 1 is 1.56 bits per heavy atom. The maximum atomic E-state index is 5.33. The first-order valence-corrected chi connectivity index (χ1v) is 6.82. The minimum Gasteiger partial charge on any atom is -0.306 e. The van der Waals surface area contributed by atoms with Crippen LogP contribution in [0.1, 0.15) is 30.5 Å². The van der Waals surface area contributed by atoms with Gasteiger partial charge in [0.1, 0.15) is 0 Å². The Labute approximate surface area is 102 Å². The maximum Gasteiger partial charge on any atom is 0.0417 e. The molecule has 16 heavy (non-hydrogen) atoms. The molecule has 0 bridgehead atoms. The van der Waals surface area contributed by atoms with Crippen LogP contribution in [0.15, 0.2) is 24.3 Å². The summed E-state index contributed by atoms with van der Waals surface area (Å²) in [7, 11) is 0. The van der Waals surface area contributed by atoms with Crippen molar-refractivity contribution in [2.24, 2.45) is 0 Å². The van der Waals surface area contributed by atoms with E-state index < -0.39 is 0 Å². The molecular formula is C14H17NS. The normalized spacial score (nSPS) is 20.9. The Kier molecular flexibility index (Phi) is 3.93. The zero-order valence-corrected chi connectivity index (χ0v) is 10.4. The Balaban J connectivity index is 2.10. The molecule has 0 radical (unpaired) electrons. The van der Waals surface area contributed by atoms with Gasteiger partial charge in [-0.15, -0.1) is 12.3 Å². The molecule has 1 N–H and O–H groups in total. The smallest absolute Gasteiger partial charge is 0.0417 e. The first-order chi connectivity index (χ1) is 7.81. The van der Waals surface area contributed by atoms with Gasteiger partial charge in [0.05, 0.1) is 0 Å². The third kappa shape index (κ3) is 2.61. The van der Waals surface area contributed by atoms with E-state index in [2.05, 4.69) is 42.4 Å². The monoisotopic (exact) mass is 231 g/mol. The fraction of sp³-hybridized carbons (Fsp3) is 0.429. The second kappa shape index (κ2) is 5.43. The van der Waals surface area contributed by atoms with Gasteiger partial charge in [-0.1, -0.05) is 24.3 Å². The largest absolute Gasteiger partial charge is 0.306 e. The second-order valence-electron chi connectivity index (χ2n) is 4.24. The lowest BCUT2D eigenvalue weighted by molar-refractivity contribution is 0.487. The average molecular weight is 231 g/mol. The highest BCUT2D eigenvalue weighted by Crippen LogP contribution is 2.31. The number of hydrogen-bond acceptors (Lipinski definition) is 2. The highest BCUT2D eigenvalue weighted by atomic mass is 32.2. The van der Waals surface area contributed by atoms with E-state index in [1.54, 1.807) is 0 Å². The summed E-state index contributed by atoms with van der Waals surface area (Å²) in [6, 6.07) is 9.54. The Morgan fingerprint density at radius 2 is 2.38 bits per heavy atom. The predicted octanol–water partition coefficient (Wildman–Crippen LogP) is 2.98. The third-order valence-electron chi connectivity index (χ3n) is 2.88. The van der Waals surface area contributed by atoms with E-state index in [0.717, 1.165) is 17.9 Å². The summed E-state index contributed by atoms with van der Waals surface area (Å²) in [4.78, 5) is 0. The van der Waals surface area contributed by atoms with Crippen LogP contribution < -0.4 is 5.32 Å². The zero-order valence-electron chi connectivity index (χ0n) is 9.57. The molecule has 0 amide bonds. The molecule has 0 aliphatic carbocycles. The van der Waals surface area contributed by atoms with Gasteiger partial charge in [-0.25, -0.2) is 0 Å². The van der Waals surface area contributed by atoms with E-state index in [4.69, 9.17) is 6.42 Å². The van der Waals surface area contributed by atoms with Gasteiger partial charge in [0.15, 0.2) is 0 Å². The second-order valence-corrected chi connectivity index (χ2v) is 5.27. The van der Waals surface area contributed by atoms with Gasteiger partial charge in [-0.3, -0.25) is 0 Å². The SMILES string of the molecule is C#CCC(C)NC1CSCc2ccccc21. The molecule has 0 saturated carbocycles. The van der Waals surface area contributed by atoms with E-state index in [1.807, 2.05) is 11.8 Å². The van der Waals surface area contributed by atoms with Crippen LogP contribution >= 0.6 is 11.8 Å². The predicted molar refractivity (Wildman–Crippen MR) is 71.4 cm³/mol. The van der Waals surface area contributed by atoms with Gasteiger partial charge in [0, 0.05) is 30.0 Å². The van der Waals surface area contributed by atoms with Crippen LogP contribution in [-0.4, -0.2) is 11.8 Å². The molecule has 2 heteroatoms. The van der Waals surface area contributed by atoms with Gasteiger partial charge in [-0.05, 0) is 18.1 Å². The number of rotatable bonds is 3. The topological polar surface area (TPSA) is 12.0 Å². The van der Waals surface area contributed by atoms with Gasteiger partial charge in [0.25, 0.3) is 0 Å². The van der Waals surface area contributed by atoms with Gasteiger partial charge < -0.3 is 5.32 Å². The maximum absolute atomic E-state index is 5.33. The lowest BCUT2D eigenvalue weighted by atomic mass is 10.0. The highest BCUT2D eigenvalue weighted by Gasteiger charge is 2.20. The van der Waals surface area contributed by atoms with E-state index in [-0.39, 0.29) is 0 Å². The zero-order chi connectivity index (χ0) is 11.4. The molecule has 2 rings (SSSR count). The Morgan fingerprint density at radius 3 is 3.19 bits per heavy atom. The summed E-state index contributed by atoms with van der Waals surface area (Å²) < 4.78 is 0. The number of benzene rings is 1. The lowest BCUT2D eigenvalue weighted by Gasteiger charge is -2.28. The fourth-order valence-electron chi connectivity index (χ4n) is 2.10. The van der Waals surface area contributed by atoms with Gasteiger partial charge in [-0.2, -0.15) is 11.8 Å². The Bertz CT molecular complexity index is 394. The minimum absolute atomic E-state index is 0.391. The van der Waals surface area contributed by atoms with Crippen molar-refractivity contribution in [3.63, 3.8) is 0 Å². The van der Waals surface area contributed by atoms with Gasteiger partial charge >= 0.3 is 0 Å². The van der Waals surface area contributed by atoms with Crippen molar-refractivity contribution in [2.75, 3.05) is 5.75 Å². The number of fused-ring (bicyclic) bond motifs is 1. The van der Waals surface area contributed by atoms with Crippen molar-refractivity contribution in [1.82, 2.24) is 5.32 Å². The van der Waals surface area contributed by atoms with Crippen LogP contribution in [0.25, 0.3) is 0 Å². The minimum atomic E-state index is 0.391. The van der Waals surface area contributed by atoms with Crippen molar-refractivity contribution >= 4 is 11.8 Å². The summed E-state index contributed by atoms with van der Waals surface area (Å²) in [5.74, 6) is 4.99. The van der Waals surface area contributed by atoms with Crippen molar-refractivity contribution in [2.45, 2.75) is 31.2 Å². The van der Waals surface area contributed by atoms with Crippen molar-refractivity contribution in [3.8, 4) is 12.3 Å². The van der Waals surface area contributed by atoms with E-state index in [0.29, 0.717) is 12.1 Å². The van der Waals surface area contributed by atoms with Crippen molar-refractivity contribution in [1.29, 1.82) is 0 Å². The van der Waals surface area contributed by atoms with Crippen LogP contribution in [0.2, 0.25) is 0 Å². The summed E-state index contributed by atoms with van der Waals surface area (Å²) >= 11 is 1.99. The van der Waals surface area contributed by atoms with E-state index >= 15 is 0 Å². The van der Waals surface area contributed by atoms with Crippen LogP contribution in [0.3, 0.4) is 0 Å². The molecule has 1 aromatic rings.